The standard InChI is InChI=1S/C34H45N5O9/c1-37(19-32(42)43)12-13-38(14-15-39(20-33(44)45)21-34(46)47)18-28(40)11-10-24-6-8-25(9-7-24)22-48-23-31(41)29(35)17-27-16-26-4-2-3-5-30(26)36-27/h2-9,16,29,36H,10-15,17-23,35H2,1H3,(H,42,43)(H,44,45)(H,46,47)/t29-/m1/s1. The summed E-state index contributed by atoms with van der Waals surface area (Å²) in [6.07, 6.45) is 1.11. The lowest BCUT2D eigenvalue weighted by molar-refractivity contribution is -0.142. The van der Waals surface area contributed by atoms with E-state index in [1.54, 1.807) is 16.8 Å². The predicted octanol–water partition coefficient (Wildman–Crippen LogP) is 1.11. The lowest BCUT2D eigenvalue weighted by Gasteiger charge is -2.27. The number of carboxylic acids is 3. The highest BCUT2D eigenvalue weighted by atomic mass is 16.5. The van der Waals surface area contributed by atoms with Crippen molar-refractivity contribution >= 4 is 40.4 Å². The van der Waals surface area contributed by atoms with Gasteiger partial charge in [0.2, 0.25) is 0 Å². The number of carbonyl (C=O) groups is 5. The van der Waals surface area contributed by atoms with Gasteiger partial charge in [-0.2, -0.15) is 0 Å². The molecule has 14 nitrogen and oxygen atoms in total. The van der Waals surface area contributed by atoms with Crippen molar-refractivity contribution in [3.8, 4) is 0 Å². The first-order valence-corrected chi connectivity index (χ1v) is 15.7. The number of aryl methyl sites for hydroxylation is 1. The molecule has 3 rings (SSSR count). The molecule has 2 aromatic carbocycles. The molecule has 0 saturated carbocycles. The number of aromatic amines is 1. The molecule has 48 heavy (non-hydrogen) atoms. The van der Waals surface area contributed by atoms with Crippen molar-refractivity contribution in [1.29, 1.82) is 0 Å². The number of nitrogens with two attached hydrogens (primary N) is 1. The number of carboxylic acid groups (broad SMARTS) is 3. The van der Waals surface area contributed by atoms with Gasteiger partial charge in [0.1, 0.15) is 12.4 Å². The molecule has 3 aromatic rings. The third-order valence-corrected chi connectivity index (χ3v) is 7.72. The number of nitrogens with one attached hydrogen (secondary N) is 1. The summed E-state index contributed by atoms with van der Waals surface area (Å²) in [5.74, 6) is -3.56. The van der Waals surface area contributed by atoms with Crippen LogP contribution in [0.1, 0.15) is 23.2 Å². The number of rotatable bonds is 24. The van der Waals surface area contributed by atoms with Crippen molar-refractivity contribution in [3.05, 3.63) is 71.4 Å². The van der Waals surface area contributed by atoms with E-state index in [1.807, 2.05) is 54.6 Å². The third kappa shape index (κ3) is 14.1. The van der Waals surface area contributed by atoms with Gasteiger partial charge in [-0.05, 0) is 42.1 Å². The Balaban J connectivity index is 1.44. The summed E-state index contributed by atoms with van der Waals surface area (Å²) in [6, 6.07) is 16.7. The number of ketones is 2. The lowest BCUT2D eigenvalue weighted by Crippen LogP contribution is -2.44. The topological polar surface area (TPSA) is 207 Å². The Labute approximate surface area is 279 Å². The smallest absolute Gasteiger partial charge is 0.317 e. The van der Waals surface area contributed by atoms with Gasteiger partial charge >= 0.3 is 17.9 Å². The maximum Gasteiger partial charge on any atom is 0.317 e. The van der Waals surface area contributed by atoms with Crippen LogP contribution in [0, 0.1) is 0 Å². The predicted molar refractivity (Wildman–Crippen MR) is 178 cm³/mol. The Hall–Kier alpha value is -4.47. The van der Waals surface area contributed by atoms with Crippen molar-refractivity contribution in [1.82, 2.24) is 19.7 Å². The quantitative estimate of drug-likeness (QED) is 0.0909. The second-order valence-corrected chi connectivity index (χ2v) is 11.9. The van der Waals surface area contributed by atoms with E-state index >= 15 is 0 Å². The van der Waals surface area contributed by atoms with Gasteiger partial charge in [0.15, 0.2) is 5.78 Å². The Kier molecular flexibility index (Phi) is 15.3. The molecule has 0 unspecified atom stereocenters. The molecule has 1 aromatic heterocycles. The second kappa shape index (κ2) is 19.4. The molecule has 0 bridgehead atoms. The summed E-state index contributed by atoms with van der Waals surface area (Å²) < 4.78 is 5.62. The van der Waals surface area contributed by atoms with Gasteiger partial charge < -0.3 is 30.8 Å². The molecule has 1 heterocycles. The number of H-pyrrole nitrogens is 1. The summed E-state index contributed by atoms with van der Waals surface area (Å²) in [6.45, 7) is 0.128. The number of benzene rings is 2. The SMILES string of the molecule is CN(CCN(CCN(CC(=O)O)CC(=O)O)CC(=O)CCc1ccc(COCC(=O)[C@H](N)Cc2cc3ccccc3[nH]2)cc1)CC(=O)O. The lowest BCUT2D eigenvalue weighted by atomic mass is 10.1. The van der Waals surface area contributed by atoms with E-state index in [0.717, 1.165) is 27.7 Å². The fourth-order valence-electron chi connectivity index (χ4n) is 5.16. The van der Waals surface area contributed by atoms with Gasteiger partial charge in [-0.15, -0.1) is 0 Å². The number of likely N-dealkylation sites (N-methyl/N-ethyl adjacent to an activating group) is 1. The van der Waals surface area contributed by atoms with Gasteiger partial charge in [0.05, 0.1) is 38.8 Å². The number of fused-ring (bicyclic) bond motifs is 1. The van der Waals surface area contributed by atoms with Crippen LogP contribution in [-0.2, 0) is 48.2 Å². The Morgan fingerprint density at radius 3 is 2.04 bits per heavy atom. The number of hydrogen-bond acceptors (Lipinski definition) is 10. The molecular formula is C34H45N5O9. The minimum Gasteiger partial charge on any atom is -0.480 e. The Morgan fingerprint density at radius 2 is 1.40 bits per heavy atom. The normalized spacial score (nSPS) is 12.2. The molecule has 260 valence electrons. The molecule has 0 aliphatic rings. The first-order chi connectivity index (χ1) is 22.9. The first-order valence-electron chi connectivity index (χ1n) is 15.7. The average molecular weight is 668 g/mol. The van der Waals surface area contributed by atoms with Crippen molar-refractivity contribution < 1.29 is 44.0 Å². The summed E-state index contributed by atoms with van der Waals surface area (Å²) >= 11 is 0. The molecule has 6 N–H and O–H groups in total. The zero-order chi connectivity index (χ0) is 35.1. The van der Waals surface area contributed by atoms with Crippen molar-refractivity contribution in [3.63, 3.8) is 0 Å². The highest BCUT2D eigenvalue weighted by Gasteiger charge is 2.18. The number of nitrogens with zero attached hydrogens (tertiary/aromatic N) is 3. The summed E-state index contributed by atoms with van der Waals surface area (Å²) in [5, 5.41) is 28.3. The van der Waals surface area contributed by atoms with E-state index in [1.165, 1.54) is 4.90 Å². The van der Waals surface area contributed by atoms with Crippen LogP contribution in [0.3, 0.4) is 0 Å². The monoisotopic (exact) mass is 667 g/mol. The molecule has 0 radical (unpaired) electrons. The van der Waals surface area contributed by atoms with Crippen LogP contribution < -0.4 is 5.73 Å². The Bertz CT molecular complexity index is 1480. The molecule has 14 heteroatoms. The number of carbonyl (C=O) groups excluding carboxylic acids is 2. The van der Waals surface area contributed by atoms with Crippen LogP contribution in [0.4, 0.5) is 0 Å². The van der Waals surface area contributed by atoms with Crippen LogP contribution >= 0.6 is 0 Å². The highest BCUT2D eigenvalue weighted by molar-refractivity contribution is 5.86. The maximum absolute atomic E-state index is 12.9. The van der Waals surface area contributed by atoms with E-state index in [9.17, 15) is 24.0 Å². The zero-order valence-corrected chi connectivity index (χ0v) is 27.2. The van der Waals surface area contributed by atoms with Crippen LogP contribution in [0.15, 0.2) is 54.6 Å². The first kappa shape index (κ1) is 38.0. The molecule has 0 saturated heterocycles. The van der Waals surface area contributed by atoms with Gasteiger partial charge in [-0.1, -0.05) is 42.5 Å². The molecule has 0 amide bonds. The summed E-state index contributed by atoms with van der Waals surface area (Å²) in [7, 11) is 1.64. The number of para-hydroxylation sites is 1. The van der Waals surface area contributed by atoms with Gasteiger partial charge in [0.25, 0.3) is 0 Å². The van der Waals surface area contributed by atoms with Crippen molar-refractivity contribution in [2.45, 2.75) is 31.9 Å². The minimum absolute atomic E-state index is 0.0528. The van der Waals surface area contributed by atoms with Gasteiger partial charge in [-0.25, -0.2) is 0 Å². The molecule has 0 spiro atoms. The molecule has 0 fully saturated rings. The molecule has 1 atom stereocenters. The summed E-state index contributed by atoms with van der Waals surface area (Å²) in [4.78, 5) is 66.7. The van der Waals surface area contributed by atoms with Crippen LogP contribution in [0.2, 0.25) is 0 Å². The van der Waals surface area contributed by atoms with E-state index in [-0.39, 0.29) is 57.4 Å². The minimum atomic E-state index is -1.16. The largest absolute Gasteiger partial charge is 0.480 e. The fourth-order valence-corrected chi connectivity index (χ4v) is 5.16. The van der Waals surface area contributed by atoms with Gasteiger partial charge in [-0.3, -0.25) is 38.7 Å². The zero-order valence-electron chi connectivity index (χ0n) is 27.2. The van der Waals surface area contributed by atoms with Crippen molar-refractivity contribution in [2.24, 2.45) is 5.73 Å². The van der Waals surface area contributed by atoms with Crippen LogP contribution in [0.5, 0.6) is 0 Å². The second-order valence-electron chi connectivity index (χ2n) is 11.9. The molecule has 0 aliphatic heterocycles. The fraction of sp³-hybridized carbons (Fsp3) is 0.441. The number of hydrogen-bond donors (Lipinski definition) is 5. The maximum atomic E-state index is 12.9. The van der Waals surface area contributed by atoms with Crippen molar-refractivity contribution in [2.75, 3.05) is 66.0 Å². The van der Waals surface area contributed by atoms with Crippen LogP contribution in [-0.4, -0.2) is 137 Å². The Morgan fingerprint density at radius 1 is 0.792 bits per heavy atom. The molecule has 0 aliphatic carbocycles. The van der Waals surface area contributed by atoms with E-state index in [2.05, 4.69) is 4.98 Å². The highest BCUT2D eigenvalue weighted by Crippen LogP contribution is 2.16. The summed E-state index contributed by atoms with van der Waals surface area (Å²) in [5.41, 5.74) is 9.81. The van der Waals surface area contributed by atoms with E-state index < -0.39 is 37.0 Å². The number of aromatic nitrogens is 1. The van der Waals surface area contributed by atoms with Gasteiger partial charge in [0, 0.05) is 50.2 Å². The molecular weight excluding hydrogens is 622 g/mol. The van der Waals surface area contributed by atoms with Crippen LogP contribution in [0.25, 0.3) is 10.9 Å². The third-order valence-electron chi connectivity index (χ3n) is 7.72. The van der Waals surface area contributed by atoms with E-state index in [0.29, 0.717) is 25.9 Å². The number of Topliss-reactive ketones (excluding diaryl/α,β-unsaturated/α-hetero) is 2. The number of ether oxygens (including phenoxy) is 1. The van der Waals surface area contributed by atoms with E-state index in [4.69, 9.17) is 25.8 Å². The number of aliphatic carboxylic acids is 3. The average Bonchev–Trinajstić information content (AvgIpc) is 3.43.